The third kappa shape index (κ3) is 4.98. The van der Waals surface area contributed by atoms with E-state index in [-0.39, 0.29) is 11.4 Å². The van der Waals surface area contributed by atoms with Crippen LogP contribution >= 0.6 is 0 Å². The topological polar surface area (TPSA) is 63.2 Å². The molecular formula is C18H23N3O2. The van der Waals surface area contributed by atoms with Crippen LogP contribution in [0.1, 0.15) is 25.0 Å². The van der Waals surface area contributed by atoms with Crippen molar-refractivity contribution in [3.8, 4) is 5.88 Å². The lowest BCUT2D eigenvalue weighted by Gasteiger charge is -2.25. The molecule has 2 N–H and O–H groups in total. The van der Waals surface area contributed by atoms with Crippen molar-refractivity contribution in [1.29, 1.82) is 0 Å². The summed E-state index contributed by atoms with van der Waals surface area (Å²) in [6, 6.07) is 13.6. The van der Waals surface area contributed by atoms with Crippen molar-refractivity contribution >= 4 is 6.03 Å². The Morgan fingerprint density at radius 3 is 2.61 bits per heavy atom. The van der Waals surface area contributed by atoms with Gasteiger partial charge in [-0.05, 0) is 17.2 Å². The minimum atomic E-state index is -0.190. The summed E-state index contributed by atoms with van der Waals surface area (Å²) < 4.78 is 5.06. The Balaban J connectivity index is 1.83. The van der Waals surface area contributed by atoms with Crippen LogP contribution in [0.15, 0.2) is 48.7 Å². The van der Waals surface area contributed by atoms with Crippen molar-refractivity contribution in [2.75, 3.05) is 13.7 Å². The number of hydrogen-bond acceptors (Lipinski definition) is 3. The lowest BCUT2D eigenvalue weighted by atomic mass is 9.85. The zero-order valence-electron chi connectivity index (χ0n) is 13.8. The molecule has 23 heavy (non-hydrogen) atoms. The van der Waals surface area contributed by atoms with E-state index in [2.05, 4.69) is 41.6 Å². The zero-order valence-corrected chi connectivity index (χ0v) is 13.8. The number of amides is 2. The molecule has 2 rings (SSSR count). The number of methoxy groups -OCH3 is 1. The zero-order chi connectivity index (χ0) is 16.7. The van der Waals surface area contributed by atoms with Gasteiger partial charge in [0.15, 0.2) is 0 Å². The number of rotatable bonds is 6. The third-order valence-corrected chi connectivity index (χ3v) is 3.71. The minimum Gasteiger partial charge on any atom is -0.481 e. The first-order valence-electron chi connectivity index (χ1n) is 7.57. The molecular weight excluding hydrogens is 290 g/mol. The van der Waals surface area contributed by atoms with Gasteiger partial charge in [0.1, 0.15) is 0 Å². The van der Waals surface area contributed by atoms with E-state index in [4.69, 9.17) is 4.74 Å². The summed E-state index contributed by atoms with van der Waals surface area (Å²) in [5, 5.41) is 5.76. The van der Waals surface area contributed by atoms with Crippen molar-refractivity contribution in [3.05, 3.63) is 59.8 Å². The number of benzene rings is 1. The van der Waals surface area contributed by atoms with Crippen LogP contribution in [0, 0.1) is 0 Å². The molecule has 0 fully saturated rings. The maximum absolute atomic E-state index is 12.0. The highest BCUT2D eigenvalue weighted by molar-refractivity contribution is 5.74. The molecule has 1 aromatic heterocycles. The number of aromatic nitrogens is 1. The van der Waals surface area contributed by atoms with Gasteiger partial charge < -0.3 is 15.4 Å². The third-order valence-electron chi connectivity index (χ3n) is 3.71. The number of pyridine rings is 1. The number of hydrogen-bond donors (Lipinski definition) is 2. The second-order valence-corrected chi connectivity index (χ2v) is 5.99. The molecule has 0 bridgehead atoms. The summed E-state index contributed by atoms with van der Waals surface area (Å²) in [5.74, 6) is 0.537. The number of urea groups is 1. The molecule has 0 aliphatic rings. The van der Waals surface area contributed by atoms with Gasteiger partial charge in [0.2, 0.25) is 5.88 Å². The van der Waals surface area contributed by atoms with E-state index in [9.17, 15) is 4.79 Å². The summed E-state index contributed by atoms with van der Waals surface area (Å²) in [6.07, 6.45) is 1.66. The normalized spacial score (nSPS) is 10.9. The summed E-state index contributed by atoms with van der Waals surface area (Å²) in [6.45, 7) is 5.20. The standard InChI is InChI=1S/C18H23N3O2/c1-18(2,15-7-5-4-6-8-15)13-21-17(22)20-12-14-9-10-19-16(11-14)23-3/h4-11H,12-13H2,1-3H3,(H2,20,21,22). The molecule has 0 radical (unpaired) electrons. The van der Waals surface area contributed by atoms with Gasteiger partial charge in [0.05, 0.1) is 7.11 Å². The predicted molar refractivity (Wildman–Crippen MR) is 90.5 cm³/mol. The smallest absolute Gasteiger partial charge is 0.315 e. The summed E-state index contributed by atoms with van der Waals surface area (Å²) >= 11 is 0. The Kier molecular flexibility index (Phi) is 5.57. The molecule has 1 aromatic carbocycles. The van der Waals surface area contributed by atoms with E-state index < -0.39 is 0 Å². The van der Waals surface area contributed by atoms with Gasteiger partial charge in [-0.2, -0.15) is 0 Å². The predicted octanol–water partition coefficient (Wildman–Crippen LogP) is 2.87. The second kappa shape index (κ2) is 7.63. The van der Waals surface area contributed by atoms with Gasteiger partial charge in [-0.1, -0.05) is 44.2 Å². The lowest BCUT2D eigenvalue weighted by molar-refractivity contribution is 0.238. The number of ether oxygens (including phenoxy) is 1. The molecule has 0 saturated carbocycles. The van der Waals surface area contributed by atoms with E-state index in [1.807, 2.05) is 24.3 Å². The summed E-state index contributed by atoms with van der Waals surface area (Å²) in [4.78, 5) is 16.0. The molecule has 0 unspecified atom stereocenters. The molecule has 2 aromatic rings. The first-order chi connectivity index (χ1) is 11.0. The van der Waals surface area contributed by atoms with Crippen LogP contribution in [-0.4, -0.2) is 24.7 Å². The van der Waals surface area contributed by atoms with E-state index in [1.165, 1.54) is 5.56 Å². The lowest BCUT2D eigenvalue weighted by Crippen LogP contribution is -2.42. The van der Waals surface area contributed by atoms with Gasteiger partial charge >= 0.3 is 6.03 Å². The van der Waals surface area contributed by atoms with Crippen LogP contribution in [0.25, 0.3) is 0 Å². The Labute approximate surface area is 137 Å². The van der Waals surface area contributed by atoms with Crippen LogP contribution in [0.2, 0.25) is 0 Å². The van der Waals surface area contributed by atoms with E-state index in [0.29, 0.717) is 19.0 Å². The van der Waals surface area contributed by atoms with Crippen molar-refractivity contribution in [3.63, 3.8) is 0 Å². The molecule has 2 amide bonds. The van der Waals surface area contributed by atoms with Crippen molar-refractivity contribution in [2.45, 2.75) is 25.8 Å². The highest BCUT2D eigenvalue weighted by Crippen LogP contribution is 2.21. The van der Waals surface area contributed by atoms with Crippen LogP contribution in [0.4, 0.5) is 4.79 Å². The molecule has 5 nitrogen and oxygen atoms in total. The maximum atomic E-state index is 12.0. The molecule has 0 saturated heterocycles. The summed E-state index contributed by atoms with van der Waals surface area (Å²) in [5.41, 5.74) is 2.01. The minimum absolute atomic E-state index is 0.127. The van der Waals surface area contributed by atoms with E-state index in [0.717, 1.165) is 5.56 Å². The number of carbonyl (C=O) groups excluding carboxylic acids is 1. The Bertz CT molecular complexity index is 642. The van der Waals surface area contributed by atoms with Gasteiger partial charge in [-0.25, -0.2) is 9.78 Å². The fourth-order valence-electron chi connectivity index (χ4n) is 2.21. The van der Waals surface area contributed by atoms with Gasteiger partial charge in [-0.3, -0.25) is 0 Å². The SMILES string of the molecule is COc1cc(CNC(=O)NCC(C)(C)c2ccccc2)ccn1. The Hall–Kier alpha value is -2.56. The molecule has 122 valence electrons. The van der Waals surface area contributed by atoms with Crippen molar-refractivity contribution < 1.29 is 9.53 Å². The van der Waals surface area contributed by atoms with Crippen molar-refractivity contribution in [1.82, 2.24) is 15.6 Å². The average molecular weight is 313 g/mol. The number of nitrogens with zero attached hydrogens (tertiary/aromatic N) is 1. The van der Waals surface area contributed by atoms with Crippen molar-refractivity contribution in [2.24, 2.45) is 0 Å². The van der Waals surface area contributed by atoms with Crippen LogP contribution in [0.3, 0.4) is 0 Å². The fraction of sp³-hybridized carbons (Fsp3) is 0.333. The quantitative estimate of drug-likeness (QED) is 0.862. The van der Waals surface area contributed by atoms with Crippen LogP contribution in [-0.2, 0) is 12.0 Å². The van der Waals surface area contributed by atoms with Gasteiger partial charge in [0.25, 0.3) is 0 Å². The first kappa shape index (κ1) is 16.8. The number of nitrogens with one attached hydrogen (secondary N) is 2. The monoisotopic (exact) mass is 313 g/mol. The van der Waals surface area contributed by atoms with E-state index >= 15 is 0 Å². The Morgan fingerprint density at radius 1 is 1.17 bits per heavy atom. The van der Waals surface area contributed by atoms with Crippen LogP contribution < -0.4 is 15.4 Å². The Morgan fingerprint density at radius 2 is 1.91 bits per heavy atom. The fourth-order valence-corrected chi connectivity index (χ4v) is 2.21. The van der Waals surface area contributed by atoms with Gasteiger partial charge in [0, 0.05) is 30.8 Å². The molecule has 1 heterocycles. The molecule has 0 aliphatic carbocycles. The average Bonchev–Trinajstić information content (AvgIpc) is 2.59. The highest BCUT2D eigenvalue weighted by Gasteiger charge is 2.20. The molecule has 5 heteroatoms. The molecule has 0 atom stereocenters. The molecule has 0 spiro atoms. The molecule has 0 aliphatic heterocycles. The summed E-state index contributed by atoms with van der Waals surface area (Å²) in [7, 11) is 1.57. The first-order valence-corrected chi connectivity index (χ1v) is 7.57. The maximum Gasteiger partial charge on any atom is 0.315 e. The largest absolute Gasteiger partial charge is 0.481 e. The van der Waals surface area contributed by atoms with E-state index in [1.54, 1.807) is 19.4 Å². The second-order valence-electron chi connectivity index (χ2n) is 5.99. The van der Waals surface area contributed by atoms with Crippen LogP contribution in [0.5, 0.6) is 5.88 Å². The highest BCUT2D eigenvalue weighted by atomic mass is 16.5. The number of carbonyl (C=O) groups is 1. The van der Waals surface area contributed by atoms with Gasteiger partial charge in [-0.15, -0.1) is 0 Å².